The number of ketones is 1. The van der Waals surface area contributed by atoms with Crippen LogP contribution in [0, 0.1) is 29.1 Å². The molecule has 6 atom stereocenters. The zero-order chi connectivity index (χ0) is 28.5. The molecule has 0 unspecified atom stereocenters. The molecule has 0 aromatic rings. The van der Waals surface area contributed by atoms with Crippen LogP contribution in [0.4, 0.5) is 0 Å². The Labute approximate surface area is 236 Å². The van der Waals surface area contributed by atoms with E-state index in [1.165, 1.54) is 31.3 Å². The van der Waals surface area contributed by atoms with Gasteiger partial charge in [-0.15, -0.1) is 0 Å². The fourth-order valence-corrected chi connectivity index (χ4v) is 9.71. The molecule has 2 saturated carbocycles. The summed E-state index contributed by atoms with van der Waals surface area (Å²) in [5.74, 6) is 3.49. The van der Waals surface area contributed by atoms with Gasteiger partial charge in [0.1, 0.15) is 5.76 Å². The lowest BCUT2D eigenvalue weighted by Gasteiger charge is -2.53. The highest BCUT2D eigenvalue weighted by molar-refractivity contribution is 6.74. The van der Waals surface area contributed by atoms with E-state index in [1.807, 2.05) is 6.92 Å². The monoisotopic (exact) mass is 556 g/mol. The Morgan fingerprint density at radius 3 is 2.18 bits per heavy atom. The van der Waals surface area contributed by atoms with Crippen LogP contribution in [0.3, 0.4) is 0 Å². The molecule has 4 aliphatic rings. The van der Waals surface area contributed by atoms with Crippen molar-refractivity contribution in [2.45, 2.75) is 136 Å². The van der Waals surface area contributed by atoms with Crippen LogP contribution in [0.5, 0.6) is 0 Å². The number of Topliss-reactive ketones (excluding diaryl/α,β-unsaturated/α-hetero) is 1. The number of hydrogen-bond donors (Lipinski definition) is 0. The third-order valence-electron chi connectivity index (χ3n) is 11.8. The largest absolute Gasteiger partial charge is 0.543 e. The molecule has 0 bridgehead atoms. The van der Waals surface area contributed by atoms with Crippen LogP contribution in [0.15, 0.2) is 35.1 Å². The molecule has 3 nitrogen and oxygen atoms in total. The zero-order valence-electron chi connectivity index (χ0n) is 26.6. The molecule has 0 radical (unpaired) electrons. The van der Waals surface area contributed by atoms with E-state index < -0.39 is 16.6 Å². The summed E-state index contributed by atoms with van der Waals surface area (Å²) < 4.78 is 14.0. The summed E-state index contributed by atoms with van der Waals surface area (Å²) in [6.45, 7) is 27.9. The Morgan fingerprint density at radius 1 is 0.974 bits per heavy atom. The van der Waals surface area contributed by atoms with Crippen molar-refractivity contribution in [1.82, 2.24) is 0 Å². The van der Waals surface area contributed by atoms with Crippen LogP contribution < -0.4 is 0 Å². The minimum Gasteiger partial charge on any atom is -0.543 e. The second-order valence-corrected chi connectivity index (χ2v) is 25.6. The second kappa shape index (κ2) is 9.87. The first-order chi connectivity index (χ1) is 17.3. The standard InChI is InChI=1S/C33H56O3Si2/c1-13-28(34)26-20-22-14-15-24-23(25(22)21-29(26)35-37(9,10)31(2,3)4)18-19-33(8)27(24)16-17-30(33)36-38(11,12)32(5,6)7/h14,20-21,23-25,27,30H,13,15-19H2,1-12H3/t23-,24+,25-,27-,30-,33-/m0/s1. The van der Waals surface area contributed by atoms with Crippen molar-refractivity contribution in [3.8, 4) is 0 Å². The number of rotatable bonds is 6. The van der Waals surface area contributed by atoms with Gasteiger partial charge in [0.05, 0.1) is 11.7 Å². The summed E-state index contributed by atoms with van der Waals surface area (Å²) >= 11 is 0. The highest BCUT2D eigenvalue weighted by atomic mass is 28.4. The summed E-state index contributed by atoms with van der Waals surface area (Å²) in [5.41, 5.74) is 2.45. The summed E-state index contributed by atoms with van der Waals surface area (Å²) in [7, 11) is -3.88. The molecule has 4 aliphatic carbocycles. The summed E-state index contributed by atoms with van der Waals surface area (Å²) in [4.78, 5) is 13.1. The van der Waals surface area contributed by atoms with Gasteiger partial charge in [-0.2, -0.15) is 0 Å². The molecule has 2 fully saturated rings. The van der Waals surface area contributed by atoms with Crippen LogP contribution in [0.25, 0.3) is 0 Å². The normalized spacial score (nSPS) is 33.9. The molecule has 0 N–H and O–H groups in total. The maximum atomic E-state index is 13.1. The Kier molecular flexibility index (Phi) is 7.81. The molecule has 0 aliphatic heterocycles. The van der Waals surface area contributed by atoms with Crippen LogP contribution in [-0.4, -0.2) is 28.5 Å². The van der Waals surface area contributed by atoms with Crippen LogP contribution in [0.2, 0.25) is 36.3 Å². The van der Waals surface area contributed by atoms with Gasteiger partial charge >= 0.3 is 0 Å². The van der Waals surface area contributed by atoms with Crippen molar-refractivity contribution in [3.63, 3.8) is 0 Å². The molecule has 214 valence electrons. The van der Waals surface area contributed by atoms with Crippen LogP contribution >= 0.6 is 0 Å². The number of carbonyl (C=O) groups excluding carboxylic acids is 1. The van der Waals surface area contributed by atoms with Gasteiger partial charge < -0.3 is 8.85 Å². The van der Waals surface area contributed by atoms with E-state index in [9.17, 15) is 4.79 Å². The lowest BCUT2D eigenvalue weighted by molar-refractivity contribution is -0.115. The fraction of sp³-hybridized carbons (Fsp3) is 0.788. The topological polar surface area (TPSA) is 35.5 Å². The Morgan fingerprint density at radius 2 is 1.61 bits per heavy atom. The SMILES string of the molecule is CCC(=O)C1=CC2=CC[C@@H]3[C@H](CC[C@]4(C)[C@@H](O[Si](C)(C)C(C)(C)C)CC[C@@H]34)[C@H]2C=C1O[Si](C)(C)C(C)(C)C. The lowest BCUT2D eigenvalue weighted by atomic mass is 9.53. The highest BCUT2D eigenvalue weighted by Crippen LogP contribution is 2.62. The average molecular weight is 557 g/mol. The molecule has 0 amide bonds. The smallest absolute Gasteiger partial charge is 0.250 e. The molecule has 5 heteroatoms. The van der Waals surface area contributed by atoms with Gasteiger partial charge in [-0.05, 0) is 109 Å². The summed E-state index contributed by atoms with van der Waals surface area (Å²) in [5, 5.41) is 0.337. The van der Waals surface area contributed by atoms with Crippen LogP contribution in [0.1, 0.15) is 93.9 Å². The van der Waals surface area contributed by atoms with Crippen molar-refractivity contribution in [3.05, 3.63) is 35.1 Å². The van der Waals surface area contributed by atoms with E-state index in [0.29, 0.717) is 30.3 Å². The first-order valence-corrected chi connectivity index (χ1v) is 21.2. The van der Waals surface area contributed by atoms with Gasteiger partial charge in [0, 0.05) is 12.3 Å². The van der Waals surface area contributed by atoms with Gasteiger partial charge in [-0.3, -0.25) is 4.79 Å². The lowest BCUT2D eigenvalue weighted by Crippen LogP contribution is -2.51. The van der Waals surface area contributed by atoms with E-state index in [4.69, 9.17) is 8.85 Å². The third kappa shape index (κ3) is 5.14. The van der Waals surface area contributed by atoms with Crippen molar-refractivity contribution in [1.29, 1.82) is 0 Å². The number of fused-ring (bicyclic) bond motifs is 5. The molecule has 0 aromatic heterocycles. The van der Waals surface area contributed by atoms with Crippen molar-refractivity contribution in [2.75, 3.05) is 0 Å². The number of carbonyl (C=O) groups is 1. The molecule has 0 aromatic carbocycles. The molecule has 0 spiro atoms. The maximum Gasteiger partial charge on any atom is 0.250 e. The zero-order valence-corrected chi connectivity index (χ0v) is 28.6. The first-order valence-electron chi connectivity index (χ1n) is 15.4. The van der Waals surface area contributed by atoms with Gasteiger partial charge in [0.15, 0.2) is 14.1 Å². The van der Waals surface area contributed by atoms with Crippen molar-refractivity contribution in [2.24, 2.45) is 29.1 Å². The number of hydrogen-bond acceptors (Lipinski definition) is 3. The Hall–Kier alpha value is -0.916. The van der Waals surface area contributed by atoms with Gasteiger partial charge in [-0.25, -0.2) is 0 Å². The quantitative estimate of drug-likeness (QED) is 0.306. The highest BCUT2D eigenvalue weighted by Gasteiger charge is 2.57. The summed E-state index contributed by atoms with van der Waals surface area (Å²) in [6.07, 6.45) is 14.1. The molecule has 38 heavy (non-hydrogen) atoms. The molecule has 0 saturated heterocycles. The van der Waals surface area contributed by atoms with E-state index >= 15 is 0 Å². The molecule has 0 heterocycles. The van der Waals surface area contributed by atoms with Crippen LogP contribution in [-0.2, 0) is 13.6 Å². The predicted octanol–water partition coefficient (Wildman–Crippen LogP) is 9.59. The van der Waals surface area contributed by atoms with E-state index in [0.717, 1.165) is 23.7 Å². The molecular weight excluding hydrogens is 501 g/mol. The Balaban J connectivity index is 1.63. The average Bonchev–Trinajstić information content (AvgIpc) is 3.11. The van der Waals surface area contributed by atoms with Crippen molar-refractivity contribution < 1.29 is 13.6 Å². The van der Waals surface area contributed by atoms with Gasteiger partial charge in [0.25, 0.3) is 0 Å². The van der Waals surface area contributed by atoms with Gasteiger partial charge in [0.2, 0.25) is 8.32 Å². The maximum absolute atomic E-state index is 13.1. The number of allylic oxidation sites excluding steroid dienone is 5. The van der Waals surface area contributed by atoms with Crippen molar-refractivity contribution >= 4 is 22.4 Å². The minimum atomic E-state index is -2.07. The van der Waals surface area contributed by atoms with E-state index in [1.54, 1.807) is 0 Å². The third-order valence-corrected chi connectivity index (χ3v) is 20.6. The fourth-order valence-electron chi connectivity index (χ4n) is 7.23. The second-order valence-electron chi connectivity index (χ2n) is 16.1. The van der Waals surface area contributed by atoms with Gasteiger partial charge in [-0.1, -0.05) is 61.5 Å². The predicted molar refractivity (Wildman–Crippen MR) is 165 cm³/mol. The minimum absolute atomic E-state index is 0.0923. The molecular formula is C33H56O3Si2. The molecule has 4 rings (SSSR count). The Bertz CT molecular complexity index is 1040. The summed E-state index contributed by atoms with van der Waals surface area (Å²) in [6, 6.07) is 0. The van der Waals surface area contributed by atoms with E-state index in [2.05, 4.69) is 92.9 Å². The first kappa shape index (κ1) is 30.1. The van der Waals surface area contributed by atoms with E-state index in [-0.39, 0.29) is 21.3 Å².